The Hall–Kier alpha value is -1.66. The van der Waals surface area contributed by atoms with Crippen LogP contribution in [0, 0.1) is 12.7 Å². The van der Waals surface area contributed by atoms with Gasteiger partial charge in [0.1, 0.15) is 23.2 Å². The number of nitrogens with zero attached hydrogens (tertiary/aromatic N) is 2. The van der Waals surface area contributed by atoms with E-state index in [2.05, 4.69) is 5.10 Å². The van der Waals surface area contributed by atoms with Crippen molar-refractivity contribution in [2.24, 2.45) is 12.8 Å². The number of benzene rings is 1. The number of hydrogen-bond donors (Lipinski definition) is 1. The minimum Gasteiger partial charge on any atom is -0.486 e. The molecule has 20 heavy (non-hydrogen) atoms. The van der Waals surface area contributed by atoms with Gasteiger partial charge in [0.15, 0.2) is 0 Å². The Morgan fingerprint density at radius 3 is 2.80 bits per heavy atom. The van der Waals surface area contributed by atoms with E-state index < -0.39 is 5.82 Å². The molecule has 2 aromatic rings. The first-order valence-corrected chi connectivity index (χ1v) is 6.59. The fourth-order valence-corrected chi connectivity index (χ4v) is 2.26. The average Bonchev–Trinajstić information content (AvgIpc) is 2.61. The molecule has 0 unspecified atom stereocenters. The van der Waals surface area contributed by atoms with Crippen LogP contribution in [0.15, 0.2) is 18.2 Å². The minimum atomic E-state index is -0.512. The number of halogens is 2. The van der Waals surface area contributed by atoms with E-state index in [0.29, 0.717) is 16.4 Å². The molecule has 106 valence electrons. The summed E-state index contributed by atoms with van der Waals surface area (Å²) < 4.78 is 20.9. The third kappa shape index (κ3) is 2.76. The van der Waals surface area contributed by atoms with Crippen molar-refractivity contribution in [1.29, 1.82) is 0 Å². The molecule has 2 rings (SSSR count). The maximum Gasteiger partial charge on any atom is 0.137 e. The maximum atomic E-state index is 13.7. The van der Waals surface area contributed by atoms with Crippen molar-refractivity contribution >= 4 is 28.8 Å². The summed E-state index contributed by atoms with van der Waals surface area (Å²) in [6.45, 7) is 1.95. The smallest absolute Gasteiger partial charge is 0.137 e. The van der Waals surface area contributed by atoms with Crippen molar-refractivity contribution in [1.82, 2.24) is 9.78 Å². The van der Waals surface area contributed by atoms with Gasteiger partial charge in [0, 0.05) is 7.05 Å². The van der Waals surface area contributed by atoms with E-state index in [1.807, 2.05) is 0 Å². The van der Waals surface area contributed by atoms with Crippen molar-refractivity contribution in [3.63, 3.8) is 0 Å². The highest BCUT2D eigenvalue weighted by molar-refractivity contribution is 7.80. The Bertz CT molecular complexity index is 672. The quantitative estimate of drug-likeness (QED) is 0.882. The molecule has 4 nitrogen and oxygen atoms in total. The summed E-state index contributed by atoms with van der Waals surface area (Å²) in [5.74, 6) is -0.227. The zero-order valence-electron chi connectivity index (χ0n) is 11.0. The molecule has 0 bridgehead atoms. The molecule has 0 aliphatic carbocycles. The first kappa shape index (κ1) is 14.7. The fraction of sp³-hybridized carbons (Fsp3) is 0.231. The van der Waals surface area contributed by atoms with Crippen molar-refractivity contribution in [3.05, 3.63) is 46.0 Å². The zero-order valence-corrected chi connectivity index (χ0v) is 12.6. The van der Waals surface area contributed by atoms with E-state index in [9.17, 15) is 4.39 Å². The number of aryl methyl sites for hydroxylation is 2. The molecule has 2 N–H and O–H groups in total. The molecular weight excluding hydrogens is 301 g/mol. The summed E-state index contributed by atoms with van der Waals surface area (Å²) in [5, 5.41) is 4.71. The Balaban J connectivity index is 2.28. The highest BCUT2D eigenvalue weighted by atomic mass is 35.5. The summed E-state index contributed by atoms with van der Waals surface area (Å²) in [4.78, 5) is -0.0506. The van der Waals surface area contributed by atoms with Gasteiger partial charge >= 0.3 is 0 Å². The monoisotopic (exact) mass is 313 g/mol. The summed E-state index contributed by atoms with van der Waals surface area (Å²) >= 11 is 11.0. The number of ether oxygens (including phenoxy) is 1. The molecule has 1 aromatic heterocycles. The molecule has 0 fully saturated rings. The molecular formula is C13H13ClFN3OS. The van der Waals surface area contributed by atoms with Crippen LogP contribution in [0.2, 0.25) is 5.02 Å². The van der Waals surface area contributed by atoms with Crippen LogP contribution in [-0.4, -0.2) is 14.8 Å². The van der Waals surface area contributed by atoms with E-state index in [-0.39, 0.29) is 22.9 Å². The Labute approximate surface area is 126 Å². The molecule has 0 aliphatic heterocycles. The highest BCUT2D eigenvalue weighted by Gasteiger charge is 2.15. The molecule has 0 atom stereocenters. The lowest BCUT2D eigenvalue weighted by atomic mass is 10.2. The molecule has 0 radical (unpaired) electrons. The average molecular weight is 314 g/mol. The van der Waals surface area contributed by atoms with Crippen LogP contribution in [-0.2, 0) is 13.7 Å². The van der Waals surface area contributed by atoms with Gasteiger partial charge in [0.05, 0.1) is 22.0 Å². The lowest BCUT2D eigenvalue weighted by Gasteiger charge is -2.11. The normalized spacial score (nSPS) is 10.6. The number of aromatic nitrogens is 2. The summed E-state index contributed by atoms with van der Waals surface area (Å²) in [6, 6.07) is 4.42. The Morgan fingerprint density at radius 1 is 1.55 bits per heavy atom. The number of hydrogen-bond acceptors (Lipinski definition) is 3. The highest BCUT2D eigenvalue weighted by Crippen LogP contribution is 2.25. The van der Waals surface area contributed by atoms with Crippen molar-refractivity contribution < 1.29 is 9.13 Å². The van der Waals surface area contributed by atoms with Gasteiger partial charge in [-0.25, -0.2) is 4.39 Å². The Morgan fingerprint density at radius 2 is 2.25 bits per heavy atom. The lowest BCUT2D eigenvalue weighted by Crippen LogP contribution is -2.14. The van der Waals surface area contributed by atoms with E-state index in [1.54, 1.807) is 24.7 Å². The van der Waals surface area contributed by atoms with E-state index in [1.165, 1.54) is 12.1 Å². The number of rotatable bonds is 4. The summed E-state index contributed by atoms with van der Waals surface area (Å²) in [6.07, 6.45) is 0. The van der Waals surface area contributed by atoms with E-state index in [4.69, 9.17) is 34.3 Å². The van der Waals surface area contributed by atoms with Gasteiger partial charge in [-0.2, -0.15) is 5.10 Å². The van der Waals surface area contributed by atoms with Gasteiger partial charge in [0.2, 0.25) is 0 Å². The van der Waals surface area contributed by atoms with Gasteiger partial charge in [-0.05, 0) is 19.1 Å². The third-order valence-corrected chi connectivity index (χ3v) is 3.54. The molecule has 0 saturated carbocycles. The standard InChI is InChI=1S/C13H13ClFN3OS/c1-7-12(14)9(18(2)17-7)6-19-10-5-3-4-8(15)11(10)13(16)20/h3-5H,6H2,1-2H3,(H2,16,20). The maximum absolute atomic E-state index is 13.7. The van der Waals surface area contributed by atoms with Gasteiger partial charge < -0.3 is 10.5 Å². The van der Waals surface area contributed by atoms with Crippen molar-refractivity contribution in [2.75, 3.05) is 0 Å². The second kappa shape index (κ2) is 5.76. The minimum absolute atomic E-state index is 0.0506. The SMILES string of the molecule is Cc1nn(C)c(COc2cccc(F)c2C(N)=S)c1Cl. The second-order valence-corrected chi connectivity index (χ2v) is 5.05. The van der Waals surface area contributed by atoms with Crippen LogP contribution in [0.3, 0.4) is 0 Å². The molecule has 1 heterocycles. The van der Waals surface area contributed by atoms with Gasteiger partial charge in [-0.3, -0.25) is 4.68 Å². The van der Waals surface area contributed by atoms with Gasteiger partial charge in [0.25, 0.3) is 0 Å². The lowest BCUT2D eigenvalue weighted by molar-refractivity contribution is 0.293. The predicted octanol–water partition coefficient (Wildman–Crippen LogP) is 2.73. The van der Waals surface area contributed by atoms with Crippen molar-refractivity contribution in [2.45, 2.75) is 13.5 Å². The first-order chi connectivity index (χ1) is 9.41. The third-order valence-electron chi connectivity index (χ3n) is 2.85. The van der Waals surface area contributed by atoms with E-state index >= 15 is 0 Å². The van der Waals surface area contributed by atoms with Crippen LogP contribution in [0.5, 0.6) is 5.75 Å². The largest absolute Gasteiger partial charge is 0.486 e. The van der Waals surface area contributed by atoms with Crippen LogP contribution in [0.25, 0.3) is 0 Å². The molecule has 0 saturated heterocycles. The molecule has 1 aromatic carbocycles. The Kier molecular flexibility index (Phi) is 4.25. The van der Waals surface area contributed by atoms with Gasteiger partial charge in [-0.15, -0.1) is 0 Å². The van der Waals surface area contributed by atoms with Crippen LogP contribution < -0.4 is 10.5 Å². The molecule has 0 aliphatic rings. The molecule has 0 amide bonds. The van der Waals surface area contributed by atoms with E-state index in [0.717, 1.165) is 0 Å². The number of nitrogens with two attached hydrogens (primary N) is 1. The second-order valence-electron chi connectivity index (χ2n) is 4.24. The zero-order chi connectivity index (χ0) is 14.9. The summed E-state index contributed by atoms with van der Waals surface area (Å²) in [5.41, 5.74) is 7.02. The topological polar surface area (TPSA) is 53.1 Å². The van der Waals surface area contributed by atoms with Crippen LogP contribution in [0.1, 0.15) is 17.0 Å². The predicted molar refractivity (Wildman–Crippen MR) is 79.6 cm³/mol. The first-order valence-electron chi connectivity index (χ1n) is 5.81. The molecule has 7 heteroatoms. The summed E-state index contributed by atoms with van der Waals surface area (Å²) in [7, 11) is 1.76. The van der Waals surface area contributed by atoms with Crippen LogP contribution in [0.4, 0.5) is 4.39 Å². The number of thiocarbonyl (C=S) groups is 1. The van der Waals surface area contributed by atoms with Crippen LogP contribution >= 0.6 is 23.8 Å². The van der Waals surface area contributed by atoms with Crippen molar-refractivity contribution in [3.8, 4) is 5.75 Å². The van der Waals surface area contributed by atoms with Gasteiger partial charge in [-0.1, -0.05) is 29.9 Å². The molecule has 0 spiro atoms. The fourth-order valence-electron chi connectivity index (χ4n) is 1.85.